The van der Waals surface area contributed by atoms with E-state index in [1.165, 1.54) is 0 Å². The van der Waals surface area contributed by atoms with Crippen LogP contribution in [0, 0.1) is 23.7 Å². The lowest BCUT2D eigenvalue weighted by molar-refractivity contribution is 1.22. The van der Waals surface area contributed by atoms with Gasteiger partial charge < -0.3 is 0 Å². The Morgan fingerprint density at radius 3 is 0.865 bits per heavy atom. The molecule has 242 valence electrons. The second-order valence-electron chi connectivity index (χ2n) is 11.8. The van der Waals surface area contributed by atoms with E-state index in [4.69, 9.17) is 9.97 Å². The molecule has 6 heteroatoms. The number of hydrogen-bond donors (Lipinski definition) is 0. The first-order chi connectivity index (χ1) is 25.7. The van der Waals surface area contributed by atoms with E-state index in [0.29, 0.717) is 0 Å². The third-order valence-corrected chi connectivity index (χ3v) is 8.27. The number of benzene rings is 2. The largest absolute Gasteiger partial charge is 0.255 e. The molecule has 0 saturated heterocycles. The van der Waals surface area contributed by atoms with Gasteiger partial charge in [-0.1, -0.05) is 60.4 Å². The minimum atomic E-state index is 0.787. The van der Waals surface area contributed by atoms with Crippen molar-refractivity contribution in [2.45, 2.75) is 0 Å². The van der Waals surface area contributed by atoms with Gasteiger partial charge in [0.05, 0.1) is 45.6 Å². The number of aromatic nitrogens is 6. The molecule has 0 saturated carbocycles. The van der Waals surface area contributed by atoms with Crippen molar-refractivity contribution in [1.82, 2.24) is 29.9 Å². The van der Waals surface area contributed by atoms with Gasteiger partial charge in [0.25, 0.3) is 0 Å². The summed E-state index contributed by atoms with van der Waals surface area (Å²) in [5.74, 6) is 12.4. The Kier molecular flexibility index (Phi) is 9.10. The Balaban J connectivity index is 1.01. The fourth-order valence-electron chi connectivity index (χ4n) is 5.68. The number of hydrogen-bond acceptors (Lipinski definition) is 6. The van der Waals surface area contributed by atoms with Crippen molar-refractivity contribution in [3.05, 3.63) is 182 Å². The molecule has 8 rings (SSSR count). The monoisotopic (exact) mass is 664 g/mol. The van der Waals surface area contributed by atoms with Crippen LogP contribution in [-0.2, 0) is 0 Å². The summed E-state index contributed by atoms with van der Waals surface area (Å²) in [5, 5.41) is 0. The highest BCUT2D eigenvalue weighted by atomic mass is 14.8. The van der Waals surface area contributed by atoms with Crippen LogP contribution in [0.4, 0.5) is 0 Å². The maximum atomic E-state index is 4.87. The van der Waals surface area contributed by atoms with Gasteiger partial charge in [-0.25, -0.2) is 9.97 Å². The summed E-state index contributed by atoms with van der Waals surface area (Å²) in [6.07, 6.45) is 7.10. The van der Waals surface area contributed by atoms with Crippen molar-refractivity contribution in [1.29, 1.82) is 0 Å². The highest BCUT2D eigenvalue weighted by Crippen LogP contribution is 2.30. The van der Waals surface area contributed by atoms with Gasteiger partial charge in [0.2, 0.25) is 0 Å². The summed E-state index contributed by atoms with van der Waals surface area (Å²) in [5.41, 5.74) is 12.2. The Hall–Kier alpha value is -7.54. The van der Waals surface area contributed by atoms with Gasteiger partial charge >= 0.3 is 0 Å². The minimum Gasteiger partial charge on any atom is -0.255 e. The second kappa shape index (κ2) is 14.9. The Morgan fingerprint density at radius 2 is 0.596 bits per heavy atom. The van der Waals surface area contributed by atoms with E-state index < -0.39 is 0 Å². The van der Waals surface area contributed by atoms with Gasteiger partial charge in [-0.05, 0) is 131 Å². The van der Waals surface area contributed by atoms with Gasteiger partial charge in [-0.15, -0.1) is 0 Å². The van der Waals surface area contributed by atoms with E-state index in [-0.39, 0.29) is 0 Å². The molecule has 0 atom stereocenters. The minimum absolute atomic E-state index is 0.787. The maximum absolute atomic E-state index is 4.87. The van der Waals surface area contributed by atoms with Crippen molar-refractivity contribution in [2.24, 2.45) is 0 Å². The average molecular weight is 665 g/mol. The molecular formula is C46H28N6. The molecule has 0 aliphatic rings. The van der Waals surface area contributed by atoms with E-state index in [0.717, 1.165) is 78.9 Å². The number of pyridine rings is 6. The van der Waals surface area contributed by atoms with Gasteiger partial charge in [0.15, 0.2) is 0 Å². The van der Waals surface area contributed by atoms with Crippen molar-refractivity contribution in [3.63, 3.8) is 0 Å². The third kappa shape index (κ3) is 7.38. The van der Waals surface area contributed by atoms with E-state index in [1.807, 2.05) is 97.1 Å². The molecule has 0 N–H and O–H groups in total. The smallest absolute Gasteiger partial charge is 0.0900 e. The first-order valence-electron chi connectivity index (χ1n) is 16.7. The molecule has 0 spiro atoms. The predicted molar refractivity (Wildman–Crippen MR) is 206 cm³/mol. The lowest BCUT2D eigenvalue weighted by Crippen LogP contribution is -1.93. The predicted octanol–water partition coefficient (Wildman–Crippen LogP) is 9.46. The quantitative estimate of drug-likeness (QED) is 0.165. The van der Waals surface area contributed by atoms with Gasteiger partial charge in [0.1, 0.15) is 0 Å². The fourth-order valence-corrected chi connectivity index (χ4v) is 5.68. The zero-order chi connectivity index (χ0) is 35.0. The summed E-state index contributed by atoms with van der Waals surface area (Å²) in [7, 11) is 0. The zero-order valence-electron chi connectivity index (χ0n) is 27.8. The number of rotatable bonds is 6. The zero-order valence-corrected chi connectivity index (χ0v) is 27.8. The van der Waals surface area contributed by atoms with Crippen LogP contribution in [0.15, 0.2) is 170 Å². The normalized spacial score (nSPS) is 10.4. The molecule has 6 nitrogen and oxygen atoms in total. The highest BCUT2D eigenvalue weighted by molar-refractivity contribution is 5.76. The van der Waals surface area contributed by atoms with Crippen LogP contribution >= 0.6 is 0 Å². The third-order valence-electron chi connectivity index (χ3n) is 8.27. The van der Waals surface area contributed by atoms with Crippen LogP contribution in [0.3, 0.4) is 0 Å². The molecule has 0 amide bonds. The molecule has 0 fully saturated rings. The molecule has 52 heavy (non-hydrogen) atoms. The summed E-state index contributed by atoms with van der Waals surface area (Å²) in [4.78, 5) is 27.8. The van der Waals surface area contributed by atoms with Crippen LogP contribution in [0.1, 0.15) is 11.1 Å². The van der Waals surface area contributed by atoms with Gasteiger partial charge in [-0.2, -0.15) is 0 Å². The topological polar surface area (TPSA) is 77.3 Å². The molecule has 6 heterocycles. The van der Waals surface area contributed by atoms with Crippen molar-refractivity contribution >= 4 is 0 Å². The van der Waals surface area contributed by atoms with E-state index in [9.17, 15) is 0 Å². The van der Waals surface area contributed by atoms with Crippen LogP contribution < -0.4 is 0 Å². The molecule has 6 aromatic heterocycles. The summed E-state index contributed by atoms with van der Waals surface area (Å²) >= 11 is 0. The molecular weight excluding hydrogens is 637 g/mol. The lowest BCUT2D eigenvalue weighted by atomic mass is 10.0. The molecule has 0 unspecified atom stereocenters. The van der Waals surface area contributed by atoms with E-state index >= 15 is 0 Å². The Labute approximate surface area is 302 Å². The average Bonchev–Trinajstić information content (AvgIpc) is 3.24. The molecule has 0 aliphatic heterocycles. The molecule has 0 radical (unpaired) electrons. The van der Waals surface area contributed by atoms with Crippen LogP contribution in [-0.4, -0.2) is 29.9 Å². The summed E-state index contributed by atoms with van der Waals surface area (Å²) in [6, 6.07) is 47.8. The highest BCUT2D eigenvalue weighted by Gasteiger charge is 2.12. The van der Waals surface area contributed by atoms with Crippen molar-refractivity contribution in [2.75, 3.05) is 0 Å². The summed E-state index contributed by atoms with van der Waals surface area (Å²) < 4.78 is 0. The Bertz CT molecular complexity index is 2280. The van der Waals surface area contributed by atoms with Crippen LogP contribution in [0.5, 0.6) is 0 Å². The summed E-state index contributed by atoms with van der Waals surface area (Å²) in [6.45, 7) is 0. The second-order valence-corrected chi connectivity index (χ2v) is 11.8. The molecule has 8 aromatic rings. The van der Waals surface area contributed by atoms with Gasteiger partial charge in [0, 0.05) is 35.9 Å². The fraction of sp³-hybridized carbons (Fsp3) is 0. The van der Waals surface area contributed by atoms with Crippen molar-refractivity contribution in [3.8, 4) is 91.5 Å². The standard InChI is InChI=1S/C46H28N6/c1(11-33-17-21-35(22-18-33)37-29-43(39-13-3-7-25-47-39)51-44(30-37)40-14-4-8-26-48-40)2-12-34-19-23-36(24-20-34)38-31-45(41-15-5-9-27-49-41)52-46(32-38)42-16-6-10-28-50-42/h3-10,13-32H. The van der Waals surface area contributed by atoms with E-state index in [2.05, 4.69) is 92.1 Å². The van der Waals surface area contributed by atoms with Gasteiger partial charge in [-0.3, -0.25) is 19.9 Å². The number of nitrogens with zero attached hydrogens (tertiary/aromatic N) is 6. The Morgan fingerprint density at radius 1 is 0.288 bits per heavy atom. The first kappa shape index (κ1) is 31.7. The first-order valence-corrected chi connectivity index (χ1v) is 16.7. The van der Waals surface area contributed by atoms with Crippen LogP contribution in [0.25, 0.3) is 67.8 Å². The molecule has 2 aromatic carbocycles. The van der Waals surface area contributed by atoms with Crippen molar-refractivity contribution < 1.29 is 0 Å². The molecule has 0 aliphatic carbocycles. The van der Waals surface area contributed by atoms with Crippen LogP contribution in [0.2, 0.25) is 0 Å². The lowest BCUT2D eigenvalue weighted by Gasteiger charge is -2.09. The SMILES string of the molecule is C(C#Cc1ccc(-c2cc(-c3ccccn3)nc(-c3ccccn3)c2)cc1)#Cc1ccc(-c2cc(-c3ccccn3)nc(-c3ccccn3)c2)cc1. The van der Waals surface area contributed by atoms with E-state index in [1.54, 1.807) is 24.8 Å². The molecule has 0 bridgehead atoms. The maximum Gasteiger partial charge on any atom is 0.0900 e.